The van der Waals surface area contributed by atoms with Crippen molar-refractivity contribution in [2.75, 3.05) is 0 Å². The van der Waals surface area contributed by atoms with E-state index in [-0.39, 0.29) is 24.0 Å². The fraction of sp³-hybridized carbons (Fsp3) is 0.789. The minimum absolute atomic E-state index is 0.179. The monoisotopic (exact) mass is 318 g/mol. The van der Waals surface area contributed by atoms with Gasteiger partial charge in [0.1, 0.15) is 11.7 Å². The van der Waals surface area contributed by atoms with Crippen molar-refractivity contribution in [1.29, 1.82) is 0 Å². The second-order valence-electron chi connectivity index (χ2n) is 8.80. The summed E-state index contributed by atoms with van der Waals surface area (Å²) in [5.74, 6) is 2.30. The van der Waals surface area contributed by atoms with Crippen LogP contribution in [-0.4, -0.2) is 23.6 Å². The van der Waals surface area contributed by atoms with Crippen LogP contribution in [0.25, 0.3) is 0 Å². The Kier molecular flexibility index (Phi) is 3.20. The van der Waals surface area contributed by atoms with Crippen LogP contribution in [0.3, 0.4) is 0 Å². The first-order valence-electron chi connectivity index (χ1n) is 8.84. The fourth-order valence-corrected chi connectivity index (χ4v) is 6.01. The van der Waals surface area contributed by atoms with Crippen molar-refractivity contribution in [2.45, 2.75) is 52.2 Å². The molecule has 0 heterocycles. The van der Waals surface area contributed by atoms with Gasteiger partial charge in [0.25, 0.3) is 0 Å². The predicted octanol–water partition coefficient (Wildman–Crippen LogP) is 2.96. The van der Waals surface area contributed by atoms with E-state index < -0.39 is 5.60 Å². The smallest absolute Gasteiger partial charge is 0.313 e. The number of fused-ring (bicyclic) bond motifs is 9. The van der Waals surface area contributed by atoms with Gasteiger partial charge in [0.2, 0.25) is 0 Å². The molecule has 0 aromatic rings. The molecule has 3 saturated carbocycles. The second kappa shape index (κ2) is 4.84. The van der Waals surface area contributed by atoms with Gasteiger partial charge >= 0.3 is 11.9 Å². The number of ether oxygens (including phenoxy) is 2. The molecule has 8 unspecified atom stereocenters. The number of rotatable bonds is 2. The highest BCUT2D eigenvalue weighted by molar-refractivity contribution is 5.76. The molecule has 0 aliphatic heterocycles. The molecular weight excluding hydrogens is 292 g/mol. The molecule has 8 atom stereocenters. The summed E-state index contributed by atoms with van der Waals surface area (Å²) >= 11 is 0. The van der Waals surface area contributed by atoms with Gasteiger partial charge in [-0.3, -0.25) is 9.59 Å². The van der Waals surface area contributed by atoms with Crippen LogP contribution in [0.4, 0.5) is 0 Å². The number of hydrogen-bond acceptors (Lipinski definition) is 4. The van der Waals surface area contributed by atoms with Crippen LogP contribution >= 0.6 is 0 Å². The first kappa shape index (κ1) is 15.2. The highest BCUT2D eigenvalue weighted by Crippen LogP contribution is 2.67. The number of carbonyl (C=O) groups excluding carboxylic acids is 2. The van der Waals surface area contributed by atoms with Crippen LogP contribution in [-0.2, 0) is 19.1 Å². The highest BCUT2D eigenvalue weighted by Gasteiger charge is 2.67. The lowest BCUT2D eigenvalue weighted by molar-refractivity contribution is -0.175. The average Bonchev–Trinajstić information content (AvgIpc) is 3.13. The molecule has 0 aromatic heterocycles. The van der Waals surface area contributed by atoms with Crippen molar-refractivity contribution in [3.05, 3.63) is 12.2 Å². The quantitative estimate of drug-likeness (QED) is 0.446. The van der Waals surface area contributed by atoms with Gasteiger partial charge in [-0.25, -0.2) is 0 Å². The van der Waals surface area contributed by atoms with Crippen molar-refractivity contribution in [3.63, 3.8) is 0 Å². The molecule has 4 bridgehead atoms. The predicted molar refractivity (Wildman–Crippen MR) is 84.2 cm³/mol. The van der Waals surface area contributed by atoms with E-state index in [1.165, 1.54) is 13.3 Å². The second-order valence-corrected chi connectivity index (χ2v) is 8.80. The van der Waals surface area contributed by atoms with E-state index in [9.17, 15) is 9.59 Å². The first-order chi connectivity index (χ1) is 10.8. The number of hydrogen-bond donors (Lipinski definition) is 0. The summed E-state index contributed by atoms with van der Waals surface area (Å²) in [4.78, 5) is 24.4. The summed E-state index contributed by atoms with van der Waals surface area (Å²) in [6.45, 7) is 7.11. The van der Waals surface area contributed by atoms with E-state index in [1.807, 2.05) is 20.8 Å². The molecule has 4 aliphatic carbocycles. The van der Waals surface area contributed by atoms with Crippen LogP contribution in [0.2, 0.25) is 0 Å². The Bertz CT molecular complexity index is 572. The Hall–Kier alpha value is -1.32. The fourth-order valence-electron chi connectivity index (χ4n) is 6.01. The molecule has 0 amide bonds. The van der Waals surface area contributed by atoms with Crippen LogP contribution in [0.1, 0.15) is 40.5 Å². The standard InChI is InChI=1S/C19H26O4/c1-9(20)22-17-13-8-12(16(17)18(21)23-19(2,3)4)14-10-5-6-11(7-10)15(13)14/h5-6,10-17H,7-8H2,1-4H3. The maximum atomic E-state index is 12.8. The van der Waals surface area contributed by atoms with Gasteiger partial charge in [-0.15, -0.1) is 0 Å². The Balaban J connectivity index is 1.63. The van der Waals surface area contributed by atoms with Crippen LogP contribution in [0.15, 0.2) is 12.2 Å². The zero-order valence-electron chi connectivity index (χ0n) is 14.3. The third kappa shape index (κ3) is 2.25. The van der Waals surface area contributed by atoms with E-state index in [4.69, 9.17) is 9.47 Å². The number of allylic oxidation sites excluding steroid dienone is 2. The van der Waals surface area contributed by atoms with Gasteiger partial charge in [0, 0.05) is 12.8 Å². The SMILES string of the molecule is CC(=O)OC1C2CC(C1C(=O)OC(C)(C)C)C1C3C=CC(C3)C21. The van der Waals surface area contributed by atoms with E-state index in [2.05, 4.69) is 12.2 Å². The Morgan fingerprint density at radius 1 is 1.00 bits per heavy atom. The average molecular weight is 318 g/mol. The molecule has 3 fully saturated rings. The van der Waals surface area contributed by atoms with Crippen molar-refractivity contribution >= 4 is 11.9 Å². The Morgan fingerprint density at radius 3 is 2.17 bits per heavy atom. The zero-order valence-corrected chi connectivity index (χ0v) is 14.3. The summed E-state index contributed by atoms with van der Waals surface area (Å²) in [7, 11) is 0. The van der Waals surface area contributed by atoms with Crippen LogP contribution < -0.4 is 0 Å². The molecule has 0 aromatic carbocycles. The van der Waals surface area contributed by atoms with Gasteiger partial charge in [-0.2, -0.15) is 0 Å². The minimum atomic E-state index is -0.506. The number of carbonyl (C=O) groups is 2. The van der Waals surface area contributed by atoms with Crippen molar-refractivity contribution in [3.8, 4) is 0 Å². The molecule has 0 radical (unpaired) electrons. The van der Waals surface area contributed by atoms with Crippen molar-refractivity contribution < 1.29 is 19.1 Å². The lowest BCUT2D eigenvalue weighted by Gasteiger charge is -2.40. The Labute approximate surface area is 137 Å². The molecular formula is C19H26O4. The van der Waals surface area contributed by atoms with Gasteiger partial charge < -0.3 is 9.47 Å². The summed E-state index contributed by atoms with van der Waals surface area (Å²) in [6.07, 6.45) is 6.63. The van der Waals surface area contributed by atoms with Crippen LogP contribution in [0.5, 0.6) is 0 Å². The van der Waals surface area contributed by atoms with E-state index in [1.54, 1.807) is 0 Å². The van der Waals surface area contributed by atoms with Crippen molar-refractivity contribution in [2.24, 2.45) is 41.4 Å². The molecule has 4 aliphatic rings. The summed E-state index contributed by atoms with van der Waals surface area (Å²) < 4.78 is 11.3. The van der Waals surface area contributed by atoms with Crippen molar-refractivity contribution in [1.82, 2.24) is 0 Å². The summed E-state index contributed by atoms with van der Waals surface area (Å²) in [6, 6.07) is 0. The van der Waals surface area contributed by atoms with Crippen LogP contribution in [0, 0.1) is 41.4 Å². The molecule has 4 nitrogen and oxygen atoms in total. The van der Waals surface area contributed by atoms with E-state index >= 15 is 0 Å². The van der Waals surface area contributed by atoms with Gasteiger partial charge in [-0.05, 0) is 63.2 Å². The minimum Gasteiger partial charge on any atom is -0.461 e. The summed E-state index contributed by atoms with van der Waals surface area (Å²) in [5, 5.41) is 0. The third-order valence-electron chi connectivity index (χ3n) is 6.33. The van der Waals surface area contributed by atoms with Gasteiger partial charge in [-0.1, -0.05) is 12.2 Å². The molecule has 0 saturated heterocycles. The Morgan fingerprint density at radius 2 is 1.61 bits per heavy atom. The maximum absolute atomic E-state index is 12.8. The lowest BCUT2D eigenvalue weighted by Crippen LogP contribution is -2.47. The lowest BCUT2D eigenvalue weighted by atomic mass is 9.68. The molecule has 4 heteroatoms. The molecule has 4 rings (SSSR count). The first-order valence-corrected chi connectivity index (χ1v) is 8.84. The molecule has 0 spiro atoms. The maximum Gasteiger partial charge on any atom is 0.313 e. The van der Waals surface area contributed by atoms with Gasteiger partial charge in [0.05, 0.1) is 5.92 Å². The number of esters is 2. The summed E-state index contributed by atoms with van der Waals surface area (Å²) in [5.41, 5.74) is -0.506. The van der Waals surface area contributed by atoms with E-state index in [0.29, 0.717) is 35.5 Å². The largest absolute Gasteiger partial charge is 0.461 e. The van der Waals surface area contributed by atoms with Gasteiger partial charge in [0.15, 0.2) is 0 Å². The zero-order chi connectivity index (χ0) is 16.5. The molecule has 23 heavy (non-hydrogen) atoms. The highest BCUT2D eigenvalue weighted by atomic mass is 16.6. The molecule has 126 valence electrons. The topological polar surface area (TPSA) is 52.6 Å². The third-order valence-corrected chi connectivity index (χ3v) is 6.33. The van der Waals surface area contributed by atoms with E-state index in [0.717, 1.165) is 6.42 Å². The molecule has 0 N–H and O–H groups in total. The normalized spacial score (nSPS) is 46.1.